The Morgan fingerprint density at radius 2 is 2.19 bits per heavy atom. The SMILES string of the molecule is CCOC(=O)c1cc(C(C)(C)O)nc(Cl)n1. The van der Waals surface area contributed by atoms with E-state index in [1.165, 1.54) is 6.07 Å². The standard InChI is InChI=1S/C10H13ClN2O3/c1-4-16-8(14)6-5-7(10(2,3)15)13-9(11)12-6/h5,15H,4H2,1-3H3. The Morgan fingerprint density at radius 1 is 1.56 bits per heavy atom. The number of carbonyl (C=O) groups is 1. The van der Waals surface area contributed by atoms with Crippen LogP contribution in [0.25, 0.3) is 0 Å². The van der Waals surface area contributed by atoms with Gasteiger partial charge >= 0.3 is 5.97 Å². The number of rotatable bonds is 3. The molecule has 0 saturated carbocycles. The fourth-order valence-corrected chi connectivity index (χ4v) is 1.22. The van der Waals surface area contributed by atoms with Crippen molar-refractivity contribution < 1.29 is 14.6 Å². The van der Waals surface area contributed by atoms with Gasteiger partial charge in [0.1, 0.15) is 5.60 Å². The Morgan fingerprint density at radius 3 is 2.69 bits per heavy atom. The van der Waals surface area contributed by atoms with Gasteiger partial charge in [0.05, 0.1) is 12.3 Å². The van der Waals surface area contributed by atoms with Gasteiger partial charge in [-0.05, 0) is 38.4 Å². The van der Waals surface area contributed by atoms with Crippen LogP contribution in [0.4, 0.5) is 0 Å². The molecule has 0 radical (unpaired) electrons. The number of hydrogen-bond acceptors (Lipinski definition) is 5. The van der Waals surface area contributed by atoms with Crippen molar-refractivity contribution in [2.24, 2.45) is 0 Å². The lowest BCUT2D eigenvalue weighted by Gasteiger charge is -2.16. The largest absolute Gasteiger partial charge is 0.461 e. The maximum atomic E-state index is 11.4. The third-order valence-electron chi connectivity index (χ3n) is 1.81. The number of halogens is 1. The minimum Gasteiger partial charge on any atom is -0.461 e. The maximum Gasteiger partial charge on any atom is 0.357 e. The van der Waals surface area contributed by atoms with Crippen molar-refractivity contribution in [1.82, 2.24) is 9.97 Å². The van der Waals surface area contributed by atoms with Crippen molar-refractivity contribution in [2.75, 3.05) is 6.61 Å². The fourth-order valence-electron chi connectivity index (χ4n) is 1.04. The summed E-state index contributed by atoms with van der Waals surface area (Å²) in [4.78, 5) is 19.0. The van der Waals surface area contributed by atoms with Crippen molar-refractivity contribution in [3.05, 3.63) is 22.7 Å². The Kier molecular flexibility index (Phi) is 3.83. The number of aliphatic hydroxyl groups is 1. The Labute approximate surface area is 98.4 Å². The monoisotopic (exact) mass is 244 g/mol. The predicted octanol–water partition coefficient (Wildman–Crippen LogP) is 1.53. The van der Waals surface area contributed by atoms with E-state index in [9.17, 15) is 9.90 Å². The summed E-state index contributed by atoms with van der Waals surface area (Å²) in [6.07, 6.45) is 0. The normalized spacial score (nSPS) is 11.3. The molecule has 88 valence electrons. The lowest BCUT2D eigenvalue weighted by atomic mass is 10.0. The lowest BCUT2D eigenvalue weighted by molar-refractivity contribution is 0.0516. The number of esters is 1. The molecular formula is C10H13ClN2O3. The van der Waals surface area contributed by atoms with Crippen LogP contribution in [0.15, 0.2) is 6.07 Å². The third kappa shape index (κ3) is 3.15. The summed E-state index contributed by atoms with van der Waals surface area (Å²) in [6.45, 7) is 5.02. The van der Waals surface area contributed by atoms with Crippen molar-refractivity contribution in [3.63, 3.8) is 0 Å². The summed E-state index contributed by atoms with van der Waals surface area (Å²) in [6, 6.07) is 1.36. The summed E-state index contributed by atoms with van der Waals surface area (Å²) in [5.74, 6) is -0.586. The molecule has 16 heavy (non-hydrogen) atoms. The molecule has 1 aromatic heterocycles. The molecule has 0 unspecified atom stereocenters. The first-order valence-electron chi connectivity index (χ1n) is 4.79. The van der Waals surface area contributed by atoms with Crippen molar-refractivity contribution in [1.29, 1.82) is 0 Å². The molecule has 1 N–H and O–H groups in total. The van der Waals surface area contributed by atoms with E-state index in [0.717, 1.165) is 0 Å². The van der Waals surface area contributed by atoms with E-state index < -0.39 is 11.6 Å². The number of hydrogen-bond donors (Lipinski definition) is 1. The average Bonchev–Trinajstić information content (AvgIpc) is 2.16. The van der Waals surface area contributed by atoms with Crippen molar-refractivity contribution in [2.45, 2.75) is 26.4 Å². The zero-order valence-electron chi connectivity index (χ0n) is 9.32. The average molecular weight is 245 g/mol. The smallest absolute Gasteiger partial charge is 0.357 e. The van der Waals surface area contributed by atoms with Gasteiger partial charge < -0.3 is 9.84 Å². The minimum atomic E-state index is -1.19. The van der Waals surface area contributed by atoms with Crippen molar-refractivity contribution in [3.8, 4) is 0 Å². The second kappa shape index (κ2) is 4.76. The highest BCUT2D eigenvalue weighted by Gasteiger charge is 2.22. The molecule has 1 heterocycles. The molecule has 0 bridgehead atoms. The van der Waals surface area contributed by atoms with Crippen LogP contribution in [0.2, 0.25) is 5.28 Å². The molecule has 0 fully saturated rings. The van der Waals surface area contributed by atoms with Gasteiger partial charge in [-0.15, -0.1) is 0 Å². The second-order valence-electron chi connectivity index (χ2n) is 3.69. The fraction of sp³-hybridized carbons (Fsp3) is 0.500. The van der Waals surface area contributed by atoms with Crippen LogP contribution in [0.3, 0.4) is 0 Å². The van der Waals surface area contributed by atoms with E-state index in [0.29, 0.717) is 0 Å². The van der Waals surface area contributed by atoms with E-state index in [1.807, 2.05) is 0 Å². The highest BCUT2D eigenvalue weighted by Crippen LogP contribution is 2.19. The van der Waals surface area contributed by atoms with E-state index in [-0.39, 0.29) is 23.3 Å². The minimum absolute atomic E-state index is 0.0407. The molecule has 0 amide bonds. The summed E-state index contributed by atoms with van der Waals surface area (Å²) < 4.78 is 4.78. The van der Waals surface area contributed by atoms with Gasteiger partial charge in [-0.1, -0.05) is 0 Å². The number of nitrogens with zero attached hydrogens (tertiary/aromatic N) is 2. The maximum absolute atomic E-state index is 11.4. The Balaban J connectivity index is 3.13. The van der Waals surface area contributed by atoms with Crippen LogP contribution >= 0.6 is 11.6 Å². The van der Waals surface area contributed by atoms with E-state index in [4.69, 9.17) is 16.3 Å². The van der Waals surface area contributed by atoms with Gasteiger partial charge in [0.25, 0.3) is 0 Å². The summed E-state index contributed by atoms with van der Waals surface area (Å²) in [5.41, 5.74) is -0.872. The molecule has 0 aromatic carbocycles. The Hall–Kier alpha value is -1.20. The first-order valence-corrected chi connectivity index (χ1v) is 5.17. The van der Waals surface area contributed by atoms with Crippen LogP contribution < -0.4 is 0 Å². The number of ether oxygens (including phenoxy) is 1. The number of aromatic nitrogens is 2. The van der Waals surface area contributed by atoms with Gasteiger partial charge in [-0.25, -0.2) is 14.8 Å². The quantitative estimate of drug-likeness (QED) is 0.645. The van der Waals surface area contributed by atoms with Crippen LogP contribution in [-0.2, 0) is 10.3 Å². The van der Waals surface area contributed by atoms with Crippen LogP contribution in [-0.4, -0.2) is 27.7 Å². The molecule has 1 aromatic rings. The summed E-state index contributed by atoms with van der Waals surface area (Å²) >= 11 is 5.66. The molecule has 0 aliphatic rings. The molecular weight excluding hydrogens is 232 g/mol. The van der Waals surface area contributed by atoms with Crippen molar-refractivity contribution >= 4 is 17.6 Å². The first-order chi connectivity index (χ1) is 7.34. The molecule has 5 nitrogen and oxygen atoms in total. The second-order valence-corrected chi connectivity index (χ2v) is 4.03. The lowest BCUT2D eigenvalue weighted by Crippen LogP contribution is -2.20. The zero-order chi connectivity index (χ0) is 12.3. The molecule has 0 spiro atoms. The van der Waals surface area contributed by atoms with Gasteiger partial charge in [0, 0.05) is 0 Å². The highest BCUT2D eigenvalue weighted by molar-refractivity contribution is 6.28. The van der Waals surface area contributed by atoms with Gasteiger partial charge in [0.2, 0.25) is 5.28 Å². The molecule has 0 atom stereocenters. The first kappa shape index (κ1) is 12.9. The summed E-state index contributed by atoms with van der Waals surface area (Å²) in [5, 5.41) is 9.65. The number of carbonyl (C=O) groups excluding carboxylic acids is 1. The predicted molar refractivity (Wildman–Crippen MR) is 58.2 cm³/mol. The Bertz CT molecular complexity index is 402. The molecule has 0 aliphatic heterocycles. The van der Waals surface area contributed by atoms with Gasteiger partial charge in [-0.3, -0.25) is 0 Å². The summed E-state index contributed by atoms with van der Waals surface area (Å²) in [7, 11) is 0. The molecule has 6 heteroatoms. The molecule has 1 rings (SSSR count). The van der Waals surface area contributed by atoms with Crippen LogP contribution in [0, 0.1) is 0 Å². The molecule has 0 aliphatic carbocycles. The molecule has 0 saturated heterocycles. The van der Waals surface area contributed by atoms with E-state index >= 15 is 0 Å². The van der Waals surface area contributed by atoms with Crippen LogP contribution in [0.1, 0.15) is 37.0 Å². The topological polar surface area (TPSA) is 72.3 Å². The zero-order valence-corrected chi connectivity index (χ0v) is 10.1. The van der Waals surface area contributed by atoms with E-state index in [1.54, 1.807) is 20.8 Å². The van der Waals surface area contributed by atoms with Gasteiger partial charge in [-0.2, -0.15) is 0 Å². The highest BCUT2D eigenvalue weighted by atomic mass is 35.5. The van der Waals surface area contributed by atoms with Gasteiger partial charge in [0.15, 0.2) is 5.69 Å². The third-order valence-corrected chi connectivity index (χ3v) is 1.98. The van der Waals surface area contributed by atoms with E-state index in [2.05, 4.69) is 9.97 Å². The van der Waals surface area contributed by atoms with Crippen LogP contribution in [0.5, 0.6) is 0 Å².